The SMILES string of the molecule is CCNCCc1nnc(-c2ccc(OC)c(F)c2)o1. The maximum Gasteiger partial charge on any atom is 0.247 e. The molecule has 0 saturated carbocycles. The van der Waals surface area contributed by atoms with Crippen molar-refractivity contribution in [3.8, 4) is 17.2 Å². The summed E-state index contributed by atoms with van der Waals surface area (Å²) in [6.07, 6.45) is 0.652. The van der Waals surface area contributed by atoms with Crippen molar-refractivity contribution in [3.05, 3.63) is 29.9 Å². The van der Waals surface area contributed by atoms with Gasteiger partial charge < -0.3 is 14.5 Å². The van der Waals surface area contributed by atoms with Crippen molar-refractivity contribution in [3.63, 3.8) is 0 Å². The van der Waals surface area contributed by atoms with Gasteiger partial charge in [-0.25, -0.2) is 4.39 Å². The number of hydrogen-bond donors (Lipinski definition) is 1. The fourth-order valence-corrected chi connectivity index (χ4v) is 1.64. The van der Waals surface area contributed by atoms with Crippen LogP contribution in [0.5, 0.6) is 5.75 Å². The molecule has 2 rings (SSSR count). The predicted molar refractivity (Wildman–Crippen MR) is 68.5 cm³/mol. The van der Waals surface area contributed by atoms with E-state index in [9.17, 15) is 4.39 Å². The number of likely N-dealkylation sites (N-methyl/N-ethyl adjacent to an activating group) is 1. The predicted octanol–water partition coefficient (Wildman–Crippen LogP) is 2.04. The molecular weight excluding hydrogens is 249 g/mol. The number of ether oxygens (including phenoxy) is 1. The molecule has 0 bridgehead atoms. The minimum Gasteiger partial charge on any atom is -0.494 e. The molecule has 0 radical (unpaired) electrons. The second-order valence-corrected chi connectivity index (χ2v) is 3.95. The topological polar surface area (TPSA) is 60.2 Å². The molecule has 6 heteroatoms. The summed E-state index contributed by atoms with van der Waals surface area (Å²) in [4.78, 5) is 0. The molecule has 102 valence electrons. The molecule has 19 heavy (non-hydrogen) atoms. The van der Waals surface area contributed by atoms with E-state index < -0.39 is 5.82 Å². The number of rotatable bonds is 6. The second-order valence-electron chi connectivity index (χ2n) is 3.95. The van der Waals surface area contributed by atoms with Crippen molar-refractivity contribution in [1.29, 1.82) is 0 Å². The molecular formula is C13H16FN3O2. The molecule has 1 N–H and O–H groups in total. The minimum atomic E-state index is -0.451. The van der Waals surface area contributed by atoms with Crippen LogP contribution >= 0.6 is 0 Å². The highest BCUT2D eigenvalue weighted by molar-refractivity contribution is 5.54. The first-order valence-corrected chi connectivity index (χ1v) is 6.11. The van der Waals surface area contributed by atoms with Gasteiger partial charge in [0.05, 0.1) is 7.11 Å². The highest BCUT2D eigenvalue weighted by Crippen LogP contribution is 2.24. The highest BCUT2D eigenvalue weighted by atomic mass is 19.1. The molecule has 0 saturated heterocycles. The van der Waals surface area contributed by atoms with Gasteiger partial charge in [0, 0.05) is 18.5 Å². The van der Waals surface area contributed by atoms with Crippen LogP contribution in [0, 0.1) is 5.82 Å². The van der Waals surface area contributed by atoms with Gasteiger partial charge >= 0.3 is 0 Å². The van der Waals surface area contributed by atoms with Crippen LogP contribution in [0.25, 0.3) is 11.5 Å². The third-order valence-electron chi connectivity index (χ3n) is 2.63. The van der Waals surface area contributed by atoms with E-state index in [1.165, 1.54) is 19.2 Å². The number of aromatic nitrogens is 2. The Labute approximate surface area is 110 Å². The molecule has 0 atom stereocenters. The molecule has 1 aromatic heterocycles. The minimum absolute atomic E-state index is 0.190. The van der Waals surface area contributed by atoms with E-state index in [4.69, 9.17) is 9.15 Å². The fourth-order valence-electron chi connectivity index (χ4n) is 1.64. The molecule has 0 aliphatic carbocycles. The fraction of sp³-hybridized carbons (Fsp3) is 0.385. The van der Waals surface area contributed by atoms with Crippen LogP contribution < -0.4 is 10.1 Å². The molecule has 2 aromatic rings. The van der Waals surface area contributed by atoms with Crippen LogP contribution in [0.2, 0.25) is 0 Å². The van der Waals surface area contributed by atoms with E-state index >= 15 is 0 Å². The zero-order valence-corrected chi connectivity index (χ0v) is 10.9. The Morgan fingerprint density at radius 2 is 2.21 bits per heavy atom. The van der Waals surface area contributed by atoms with E-state index in [2.05, 4.69) is 15.5 Å². The Balaban J connectivity index is 2.11. The second kappa shape index (κ2) is 6.29. The van der Waals surface area contributed by atoms with Crippen molar-refractivity contribution in [2.24, 2.45) is 0 Å². The van der Waals surface area contributed by atoms with Gasteiger partial charge in [0.2, 0.25) is 11.8 Å². The van der Waals surface area contributed by atoms with E-state index in [0.29, 0.717) is 23.8 Å². The zero-order valence-electron chi connectivity index (χ0n) is 10.9. The van der Waals surface area contributed by atoms with Crippen molar-refractivity contribution in [1.82, 2.24) is 15.5 Å². The molecule has 0 spiro atoms. The summed E-state index contributed by atoms with van der Waals surface area (Å²) in [6.45, 7) is 3.69. The number of nitrogens with one attached hydrogen (secondary N) is 1. The normalized spacial score (nSPS) is 10.7. The molecule has 1 heterocycles. The standard InChI is InChI=1S/C13H16FN3O2/c1-3-15-7-6-12-16-17-13(19-12)9-4-5-11(18-2)10(14)8-9/h4-5,8,15H,3,6-7H2,1-2H3. The summed E-state index contributed by atoms with van der Waals surface area (Å²) in [7, 11) is 1.42. The highest BCUT2D eigenvalue weighted by Gasteiger charge is 2.11. The van der Waals surface area contributed by atoms with Gasteiger partial charge in [0.1, 0.15) is 0 Å². The van der Waals surface area contributed by atoms with Crippen LogP contribution in [-0.4, -0.2) is 30.4 Å². The van der Waals surface area contributed by atoms with E-state index in [-0.39, 0.29) is 5.75 Å². The Kier molecular flexibility index (Phi) is 4.46. The monoisotopic (exact) mass is 265 g/mol. The van der Waals surface area contributed by atoms with Crippen LogP contribution in [-0.2, 0) is 6.42 Å². The third kappa shape index (κ3) is 3.29. The van der Waals surface area contributed by atoms with Crippen LogP contribution in [0.1, 0.15) is 12.8 Å². The van der Waals surface area contributed by atoms with Gasteiger partial charge in [-0.3, -0.25) is 0 Å². The van der Waals surface area contributed by atoms with E-state index in [1.807, 2.05) is 6.92 Å². The maximum atomic E-state index is 13.6. The van der Waals surface area contributed by atoms with Crippen molar-refractivity contribution >= 4 is 0 Å². The Morgan fingerprint density at radius 3 is 2.89 bits per heavy atom. The summed E-state index contributed by atoms with van der Waals surface area (Å²) in [5.41, 5.74) is 0.542. The molecule has 0 aliphatic rings. The summed E-state index contributed by atoms with van der Waals surface area (Å²) < 4.78 is 23.9. The number of hydrogen-bond acceptors (Lipinski definition) is 5. The lowest BCUT2D eigenvalue weighted by Crippen LogP contribution is -2.16. The molecule has 0 aliphatic heterocycles. The Morgan fingerprint density at radius 1 is 1.37 bits per heavy atom. The average molecular weight is 265 g/mol. The van der Waals surface area contributed by atoms with Gasteiger partial charge in [-0.1, -0.05) is 6.92 Å². The summed E-state index contributed by atoms with van der Waals surface area (Å²) in [6, 6.07) is 4.54. The molecule has 0 unspecified atom stereocenters. The third-order valence-corrected chi connectivity index (χ3v) is 2.63. The van der Waals surface area contributed by atoms with Crippen LogP contribution in [0.4, 0.5) is 4.39 Å². The van der Waals surface area contributed by atoms with Crippen LogP contribution in [0.15, 0.2) is 22.6 Å². The molecule has 1 aromatic carbocycles. The van der Waals surface area contributed by atoms with Gasteiger partial charge in [0.15, 0.2) is 11.6 Å². The zero-order chi connectivity index (χ0) is 13.7. The van der Waals surface area contributed by atoms with E-state index in [1.54, 1.807) is 6.07 Å². The first kappa shape index (κ1) is 13.5. The molecule has 5 nitrogen and oxygen atoms in total. The lowest BCUT2D eigenvalue weighted by molar-refractivity contribution is 0.386. The van der Waals surface area contributed by atoms with Gasteiger partial charge in [-0.15, -0.1) is 10.2 Å². The largest absolute Gasteiger partial charge is 0.494 e. The first-order chi connectivity index (χ1) is 9.24. The maximum absolute atomic E-state index is 13.6. The van der Waals surface area contributed by atoms with Crippen molar-refractivity contribution in [2.75, 3.05) is 20.2 Å². The van der Waals surface area contributed by atoms with Gasteiger partial charge in [-0.05, 0) is 24.7 Å². The smallest absolute Gasteiger partial charge is 0.247 e. The summed E-state index contributed by atoms with van der Waals surface area (Å²) >= 11 is 0. The number of nitrogens with zero attached hydrogens (tertiary/aromatic N) is 2. The summed E-state index contributed by atoms with van der Waals surface area (Å²) in [5.74, 6) is 0.586. The van der Waals surface area contributed by atoms with Gasteiger partial charge in [-0.2, -0.15) is 0 Å². The summed E-state index contributed by atoms with van der Waals surface area (Å²) in [5, 5.41) is 11.0. The quantitative estimate of drug-likeness (QED) is 0.810. The van der Waals surface area contributed by atoms with Crippen molar-refractivity contribution in [2.45, 2.75) is 13.3 Å². The van der Waals surface area contributed by atoms with Gasteiger partial charge in [0.25, 0.3) is 0 Å². The first-order valence-electron chi connectivity index (χ1n) is 6.11. The molecule has 0 fully saturated rings. The number of benzene rings is 1. The van der Waals surface area contributed by atoms with Crippen molar-refractivity contribution < 1.29 is 13.5 Å². The van der Waals surface area contributed by atoms with E-state index in [0.717, 1.165) is 13.1 Å². The lowest BCUT2D eigenvalue weighted by atomic mass is 10.2. The number of methoxy groups -OCH3 is 1. The lowest BCUT2D eigenvalue weighted by Gasteiger charge is -2.02. The van der Waals surface area contributed by atoms with Crippen LogP contribution in [0.3, 0.4) is 0 Å². The Hall–Kier alpha value is -1.95. The molecule has 0 amide bonds. The Bertz CT molecular complexity index is 542. The number of halogens is 1. The average Bonchev–Trinajstić information content (AvgIpc) is 2.88.